The van der Waals surface area contributed by atoms with E-state index < -0.39 is 16.8 Å². The zero-order chi connectivity index (χ0) is 23.1. The molecule has 1 saturated carbocycles. The monoisotopic (exact) mass is 464 g/mol. The van der Waals surface area contributed by atoms with E-state index >= 15 is 0 Å². The van der Waals surface area contributed by atoms with Crippen LogP contribution in [0.15, 0.2) is 78.9 Å². The van der Waals surface area contributed by atoms with E-state index in [1.165, 1.54) is 0 Å². The molecule has 3 aromatic carbocycles. The Balaban J connectivity index is 1.70. The number of hydrogen-bond acceptors (Lipinski definition) is 1. The molecule has 0 heterocycles. The molecule has 4 rings (SSSR count). The van der Waals surface area contributed by atoms with Crippen LogP contribution in [0.3, 0.4) is 0 Å². The molecule has 1 fully saturated rings. The Morgan fingerprint density at radius 2 is 1.66 bits per heavy atom. The molecular weight excluding hydrogens is 439 g/mol. The molecule has 3 aromatic rings. The largest absolute Gasteiger partial charge is 0.481 e. The summed E-state index contributed by atoms with van der Waals surface area (Å²) in [6.45, 7) is 6.11. The maximum atomic E-state index is 12.7. The van der Waals surface area contributed by atoms with Crippen molar-refractivity contribution in [1.82, 2.24) is 0 Å². The van der Waals surface area contributed by atoms with Gasteiger partial charge in [-0.25, -0.2) is 0 Å². The summed E-state index contributed by atoms with van der Waals surface area (Å²) >= 11 is 12.6. The van der Waals surface area contributed by atoms with Gasteiger partial charge in [0.05, 0.1) is 5.41 Å². The van der Waals surface area contributed by atoms with Crippen LogP contribution in [0, 0.1) is 23.7 Å². The van der Waals surface area contributed by atoms with E-state index in [0.717, 1.165) is 27.8 Å². The lowest BCUT2D eigenvalue weighted by atomic mass is 9.85. The van der Waals surface area contributed by atoms with Gasteiger partial charge in [-0.05, 0) is 58.7 Å². The van der Waals surface area contributed by atoms with E-state index in [1.54, 1.807) is 12.1 Å². The first-order valence-corrected chi connectivity index (χ1v) is 11.4. The second-order valence-corrected chi connectivity index (χ2v) is 9.97. The highest BCUT2D eigenvalue weighted by Crippen LogP contribution is 2.71. The molecule has 0 radical (unpaired) electrons. The van der Waals surface area contributed by atoms with Crippen LogP contribution < -0.4 is 0 Å². The van der Waals surface area contributed by atoms with Crippen molar-refractivity contribution in [2.45, 2.75) is 27.2 Å². The Bertz CT molecular complexity index is 1180. The van der Waals surface area contributed by atoms with Crippen molar-refractivity contribution in [3.8, 4) is 11.1 Å². The zero-order valence-electron chi connectivity index (χ0n) is 18.4. The summed E-state index contributed by atoms with van der Waals surface area (Å²) in [7, 11) is 0. The van der Waals surface area contributed by atoms with Crippen molar-refractivity contribution in [3.05, 3.63) is 101 Å². The van der Waals surface area contributed by atoms with Crippen molar-refractivity contribution in [3.63, 3.8) is 0 Å². The van der Waals surface area contributed by atoms with Gasteiger partial charge in [0.2, 0.25) is 0 Å². The van der Waals surface area contributed by atoms with E-state index in [9.17, 15) is 9.90 Å². The average Bonchev–Trinajstić information content (AvgIpc) is 3.24. The van der Waals surface area contributed by atoms with Crippen molar-refractivity contribution in [1.29, 1.82) is 0 Å². The van der Waals surface area contributed by atoms with E-state index in [-0.39, 0.29) is 5.92 Å². The van der Waals surface area contributed by atoms with Crippen LogP contribution in [-0.4, -0.2) is 11.1 Å². The summed E-state index contributed by atoms with van der Waals surface area (Å²) in [5, 5.41) is 11.6. The SMILES string of the molecule is Cc1c(CC2(C(=O)O)C(C=C(Cl)c3ccc(Cl)cc3)C2(C)C)cccc1-c1ccccc1. The maximum absolute atomic E-state index is 12.7. The highest BCUT2D eigenvalue weighted by atomic mass is 35.5. The molecule has 0 aliphatic heterocycles. The molecule has 2 unspecified atom stereocenters. The third-order valence-electron chi connectivity index (χ3n) is 7.19. The summed E-state index contributed by atoms with van der Waals surface area (Å²) in [4.78, 5) is 12.7. The molecule has 4 heteroatoms. The normalized spacial score (nSPS) is 21.9. The molecule has 1 aliphatic rings. The molecule has 164 valence electrons. The Labute approximate surface area is 199 Å². The number of halogens is 2. The van der Waals surface area contributed by atoms with Crippen LogP contribution in [0.25, 0.3) is 16.2 Å². The lowest BCUT2D eigenvalue weighted by molar-refractivity contribution is -0.145. The van der Waals surface area contributed by atoms with Crippen LogP contribution in [0.1, 0.15) is 30.5 Å². The predicted octanol–water partition coefficient (Wildman–Crippen LogP) is 7.86. The van der Waals surface area contributed by atoms with E-state index in [0.29, 0.717) is 16.5 Å². The molecule has 0 bridgehead atoms. The first kappa shape index (κ1) is 22.6. The molecule has 2 atom stereocenters. The number of carboxylic acid groups (broad SMARTS) is 1. The molecule has 32 heavy (non-hydrogen) atoms. The molecule has 0 saturated heterocycles. The van der Waals surface area contributed by atoms with Crippen LogP contribution in [0.4, 0.5) is 0 Å². The van der Waals surface area contributed by atoms with Crippen molar-refractivity contribution in [2.24, 2.45) is 16.7 Å². The minimum Gasteiger partial charge on any atom is -0.481 e. The molecule has 0 amide bonds. The predicted molar refractivity (Wildman–Crippen MR) is 133 cm³/mol. The zero-order valence-corrected chi connectivity index (χ0v) is 19.9. The number of benzene rings is 3. The maximum Gasteiger partial charge on any atom is 0.311 e. The smallest absolute Gasteiger partial charge is 0.311 e. The minimum absolute atomic E-state index is 0.185. The topological polar surface area (TPSA) is 37.3 Å². The highest BCUT2D eigenvalue weighted by Gasteiger charge is 2.74. The van der Waals surface area contributed by atoms with Crippen molar-refractivity contribution in [2.75, 3.05) is 0 Å². The van der Waals surface area contributed by atoms with Crippen LogP contribution in [0.2, 0.25) is 5.02 Å². The molecule has 1 N–H and O–H groups in total. The van der Waals surface area contributed by atoms with Crippen LogP contribution >= 0.6 is 23.2 Å². The lowest BCUT2D eigenvalue weighted by Crippen LogP contribution is -2.24. The summed E-state index contributed by atoms with van der Waals surface area (Å²) in [5.41, 5.74) is 3.93. The number of rotatable bonds is 6. The van der Waals surface area contributed by atoms with Gasteiger partial charge in [0.1, 0.15) is 0 Å². The van der Waals surface area contributed by atoms with Gasteiger partial charge in [-0.1, -0.05) is 104 Å². The fourth-order valence-electron chi connectivity index (χ4n) is 5.03. The van der Waals surface area contributed by atoms with Crippen LogP contribution in [-0.2, 0) is 11.2 Å². The molecule has 2 nitrogen and oxygen atoms in total. The van der Waals surface area contributed by atoms with Gasteiger partial charge in [-0.3, -0.25) is 4.79 Å². The average molecular weight is 465 g/mol. The number of allylic oxidation sites excluding steroid dienone is 1. The van der Waals surface area contributed by atoms with Gasteiger partial charge < -0.3 is 5.11 Å². The van der Waals surface area contributed by atoms with E-state index in [1.807, 2.05) is 62.4 Å². The minimum atomic E-state index is -0.917. The first-order chi connectivity index (χ1) is 15.2. The van der Waals surface area contributed by atoms with Crippen molar-refractivity contribution >= 4 is 34.2 Å². The van der Waals surface area contributed by atoms with E-state index in [4.69, 9.17) is 23.2 Å². The quantitative estimate of drug-likeness (QED) is 0.402. The van der Waals surface area contributed by atoms with Gasteiger partial charge in [0.15, 0.2) is 0 Å². The van der Waals surface area contributed by atoms with Gasteiger partial charge >= 0.3 is 5.97 Å². The molecule has 0 spiro atoms. The van der Waals surface area contributed by atoms with E-state index in [2.05, 4.69) is 25.1 Å². The lowest BCUT2D eigenvalue weighted by Gasteiger charge is -2.19. The van der Waals surface area contributed by atoms with Gasteiger partial charge in [0.25, 0.3) is 0 Å². The highest BCUT2D eigenvalue weighted by molar-refractivity contribution is 6.48. The summed E-state index contributed by atoms with van der Waals surface area (Å²) in [6, 6.07) is 23.6. The van der Waals surface area contributed by atoms with Crippen molar-refractivity contribution < 1.29 is 9.90 Å². The third kappa shape index (κ3) is 3.76. The fourth-order valence-corrected chi connectivity index (χ4v) is 5.40. The summed E-state index contributed by atoms with van der Waals surface area (Å²) < 4.78 is 0. The second kappa shape index (κ2) is 8.42. The third-order valence-corrected chi connectivity index (χ3v) is 7.79. The first-order valence-electron chi connectivity index (χ1n) is 10.7. The Kier molecular flexibility index (Phi) is 5.96. The van der Waals surface area contributed by atoms with Gasteiger partial charge in [-0.2, -0.15) is 0 Å². The number of hydrogen-bond donors (Lipinski definition) is 1. The Morgan fingerprint density at radius 3 is 2.28 bits per heavy atom. The summed E-state index contributed by atoms with van der Waals surface area (Å²) in [5.74, 6) is -0.968. The Hall–Kier alpha value is -2.55. The van der Waals surface area contributed by atoms with Crippen LogP contribution in [0.5, 0.6) is 0 Å². The fraction of sp³-hybridized carbons (Fsp3) is 0.250. The number of carbonyl (C=O) groups is 1. The molecule has 0 aromatic heterocycles. The summed E-state index contributed by atoms with van der Waals surface area (Å²) in [6.07, 6.45) is 2.36. The number of aliphatic carboxylic acids is 1. The molecular formula is C28H26Cl2O2. The van der Waals surface area contributed by atoms with Gasteiger partial charge in [0, 0.05) is 16.0 Å². The van der Waals surface area contributed by atoms with Gasteiger partial charge in [-0.15, -0.1) is 0 Å². The molecule has 1 aliphatic carbocycles. The Morgan fingerprint density at radius 1 is 1.00 bits per heavy atom. The second-order valence-electron chi connectivity index (χ2n) is 9.13. The number of carboxylic acids is 1. The standard InChI is InChI=1S/C28H26Cl2O2/c1-18-21(10-7-11-23(18)19-8-5-4-6-9-19)17-28(26(31)32)25(27(28,2)3)16-24(30)20-12-14-22(29)15-13-20/h4-16,25H,17H2,1-3H3,(H,31,32).